The van der Waals surface area contributed by atoms with Crippen molar-refractivity contribution in [3.05, 3.63) is 30.3 Å². The third-order valence-corrected chi connectivity index (χ3v) is 3.85. The molecule has 0 bridgehead atoms. The smallest absolute Gasteiger partial charge is 0.316 e. The van der Waals surface area contributed by atoms with Gasteiger partial charge in [-0.05, 0) is 18.6 Å². The lowest BCUT2D eigenvalue weighted by Gasteiger charge is -2.05. The zero-order valence-electron chi connectivity index (χ0n) is 11.8. The summed E-state index contributed by atoms with van der Waals surface area (Å²) in [5.41, 5.74) is 0. The summed E-state index contributed by atoms with van der Waals surface area (Å²) in [6, 6.07) is 9.94. The molecular weight excluding hydrogens is 256 g/mol. The first-order chi connectivity index (χ1) is 9.33. The minimum atomic E-state index is -0.109. The Labute approximate surface area is 120 Å². The van der Waals surface area contributed by atoms with Gasteiger partial charge < -0.3 is 4.74 Å². The van der Waals surface area contributed by atoms with Crippen molar-refractivity contribution >= 4 is 17.7 Å². The summed E-state index contributed by atoms with van der Waals surface area (Å²) in [4.78, 5) is 12.6. The molecule has 1 rings (SSSR count). The molecule has 0 unspecified atom stereocenters. The van der Waals surface area contributed by atoms with Gasteiger partial charge in [-0.25, -0.2) is 0 Å². The molecule has 1 aromatic rings. The van der Waals surface area contributed by atoms with Crippen molar-refractivity contribution in [3.63, 3.8) is 0 Å². The number of carbonyl (C=O) groups excluding carboxylic acids is 1. The summed E-state index contributed by atoms with van der Waals surface area (Å²) in [7, 11) is 0. The molecule has 0 saturated heterocycles. The van der Waals surface area contributed by atoms with Crippen LogP contribution in [0.5, 0.6) is 0 Å². The quantitative estimate of drug-likeness (QED) is 0.353. The number of hydrogen-bond acceptors (Lipinski definition) is 3. The Morgan fingerprint density at radius 1 is 1.05 bits per heavy atom. The van der Waals surface area contributed by atoms with Crippen LogP contribution in [-0.2, 0) is 9.53 Å². The van der Waals surface area contributed by atoms with Gasteiger partial charge in [-0.2, -0.15) is 0 Å². The van der Waals surface area contributed by atoms with Gasteiger partial charge in [-0.1, -0.05) is 57.2 Å². The Balaban J connectivity index is 1.96. The molecule has 0 spiro atoms. The molecule has 1 aromatic carbocycles. The van der Waals surface area contributed by atoms with Gasteiger partial charge in [0.25, 0.3) is 0 Å². The molecule has 3 heteroatoms. The summed E-state index contributed by atoms with van der Waals surface area (Å²) in [5.74, 6) is 0.294. The molecule has 2 nitrogen and oxygen atoms in total. The van der Waals surface area contributed by atoms with Crippen molar-refractivity contribution in [1.82, 2.24) is 0 Å². The lowest BCUT2D eigenvalue weighted by atomic mass is 10.1. The van der Waals surface area contributed by atoms with Gasteiger partial charge in [0.2, 0.25) is 0 Å². The average Bonchev–Trinajstić information content (AvgIpc) is 2.45. The van der Waals surface area contributed by atoms with Gasteiger partial charge in [0, 0.05) is 4.90 Å². The molecule has 19 heavy (non-hydrogen) atoms. The first kappa shape index (κ1) is 16.1. The number of esters is 1. The van der Waals surface area contributed by atoms with E-state index in [0.717, 1.165) is 11.3 Å². The van der Waals surface area contributed by atoms with Crippen LogP contribution in [0.2, 0.25) is 0 Å². The van der Waals surface area contributed by atoms with Crippen LogP contribution >= 0.6 is 11.8 Å². The number of hydrogen-bond donors (Lipinski definition) is 0. The van der Waals surface area contributed by atoms with Crippen LogP contribution < -0.4 is 0 Å². The Hall–Kier alpha value is -0.960. The SMILES string of the molecule is CCCCCCCCOC(=O)CSc1ccccc1. The Morgan fingerprint density at radius 2 is 1.74 bits per heavy atom. The van der Waals surface area contributed by atoms with Gasteiger partial charge >= 0.3 is 5.97 Å². The van der Waals surface area contributed by atoms with Gasteiger partial charge in [0.05, 0.1) is 12.4 Å². The fourth-order valence-electron chi connectivity index (χ4n) is 1.77. The minimum Gasteiger partial charge on any atom is -0.465 e. The predicted molar refractivity (Wildman–Crippen MR) is 81.5 cm³/mol. The van der Waals surface area contributed by atoms with E-state index in [9.17, 15) is 4.79 Å². The Bertz CT molecular complexity index is 338. The van der Waals surface area contributed by atoms with Crippen molar-refractivity contribution < 1.29 is 9.53 Å². The highest BCUT2D eigenvalue weighted by molar-refractivity contribution is 8.00. The molecule has 0 amide bonds. The lowest BCUT2D eigenvalue weighted by Crippen LogP contribution is -2.08. The van der Waals surface area contributed by atoms with Crippen molar-refractivity contribution in [2.24, 2.45) is 0 Å². The highest BCUT2D eigenvalue weighted by Gasteiger charge is 2.03. The molecule has 0 aliphatic carbocycles. The van der Waals surface area contributed by atoms with E-state index in [4.69, 9.17) is 4.74 Å². The Kier molecular flexibility index (Phi) is 9.25. The number of benzene rings is 1. The molecule has 0 atom stereocenters. The second-order valence-electron chi connectivity index (χ2n) is 4.59. The maximum atomic E-state index is 11.5. The lowest BCUT2D eigenvalue weighted by molar-refractivity contribution is -0.140. The van der Waals surface area contributed by atoms with Crippen LogP contribution in [0, 0.1) is 0 Å². The molecule has 0 aliphatic rings. The van der Waals surface area contributed by atoms with Crippen LogP contribution in [0.15, 0.2) is 35.2 Å². The molecule has 0 aromatic heterocycles. The molecule has 0 heterocycles. The zero-order chi connectivity index (χ0) is 13.8. The van der Waals surface area contributed by atoms with Crippen molar-refractivity contribution in [1.29, 1.82) is 0 Å². The number of carbonyl (C=O) groups is 1. The van der Waals surface area contributed by atoms with Gasteiger partial charge in [0.1, 0.15) is 0 Å². The molecule has 0 saturated carbocycles. The summed E-state index contributed by atoms with van der Waals surface area (Å²) in [6.07, 6.45) is 7.29. The van der Waals surface area contributed by atoms with E-state index >= 15 is 0 Å². The van der Waals surface area contributed by atoms with Crippen molar-refractivity contribution in [2.75, 3.05) is 12.4 Å². The van der Waals surface area contributed by atoms with E-state index in [1.807, 2.05) is 30.3 Å². The molecule has 0 aliphatic heterocycles. The summed E-state index contributed by atoms with van der Waals surface area (Å²) in [5, 5.41) is 0. The monoisotopic (exact) mass is 280 g/mol. The third kappa shape index (κ3) is 8.71. The molecular formula is C16H24O2S. The fourth-order valence-corrected chi connectivity index (χ4v) is 2.49. The fraction of sp³-hybridized carbons (Fsp3) is 0.562. The average molecular weight is 280 g/mol. The first-order valence-corrected chi connectivity index (χ1v) is 8.15. The van der Waals surface area contributed by atoms with Crippen LogP contribution in [0.1, 0.15) is 45.4 Å². The topological polar surface area (TPSA) is 26.3 Å². The van der Waals surface area contributed by atoms with Crippen molar-refractivity contribution in [2.45, 2.75) is 50.3 Å². The summed E-state index contributed by atoms with van der Waals surface area (Å²) in [6.45, 7) is 2.78. The number of ether oxygens (including phenoxy) is 1. The van der Waals surface area contributed by atoms with E-state index < -0.39 is 0 Å². The molecule has 106 valence electrons. The normalized spacial score (nSPS) is 10.4. The first-order valence-electron chi connectivity index (χ1n) is 7.16. The molecule has 0 N–H and O–H groups in total. The standard InChI is InChI=1S/C16H24O2S/c1-2-3-4-5-6-10-13-18-16(17)14-19-15-11-8-7-9-12-15/h7-9,11-12H,2-6,10,13-14H2,1H3. The van der Waals surface area contributed by atoms with E-state index in [2.05, 4.69) is 6.92 Å². The zero-order valence-corrected chi connectivity index (χ0v) is 12.6. The van der Waals surface area contributed by atoms with E-state index in [1.165, 1.54) is 43.9 Å². The number of thioether (sulfide) groups is 1. The van der Waals surface area contributed by atoms with Gasteiger partial charge in [-0.15, -0.1) is 11.8 Å². The second kappa shape index (κ2) is 10.9. The number of rotatable bonds is 10. The Morgan fingerprint density at radius 3 is 2.47 bits per heavy atom. The summed E-state index contributed by atoms with van der Waals surface area (Å²) < 4.78 is 5.21. The van der Waals surface area contributed by atoms with Crippen LogP contribution in [0.3, 0.4) is 0 Å². The predicted octanol–water partition coefficient (Wildman–Crippen LogP) is 4.68. The third-order valence-electron chi connectivity index (χ3n) is 2.86. The molecule has 0 fully saturated rings. The van der Waals surface area contributed by atoms with Gasteiger partial charge in [0.15, 0.2) is 0 Å². The van der Waals surface area contributed by atoms with Crippen LogP contribution in [0.25, 0.3) is 0 Å². The maximum absolute atomic E-state index is 11.5. The highest BCUT2D eigenvalue weighted by atomic mass is 32.2. The van der Waals surface area contributed by atoms with Crippen LogP contribution in [0.4, 0.5) is 0 Å². The van der Waals surface area contributed by atoms with E-state index in [0.29, 0.717) is 12.4 Å². The van der Waals surface area contributed by atoms with Gasteiger partial charge in [-0.3, -0.25) is 4.79 Å². The minimum absolute atomic E-state index is 0.109. The van der Waals surface area contributed by atoms with E-state index in [1.54, 1.807) is 0 Å². The largest absolute Gasteiger partial charge is 0.465 e. The van der Waals surface area contributed by atoms with Crippen LogP contribution in [-0.4, -0.2) is 18.3 Å². The highest BCUT2D eigenvalue weighted by Crippen LogP contribution is 2.16. The maximum Gasteiger partial charge on any atom is 0.316 e. The summed E-state index contributed by atoms with van der Waals surface area (Å²) >= 11 is 1.53. The second-order valence-corrected chi connectivity index (χ2v) is 5.64. The number of unbranched alkanes of at least 4 members (excludes halogenated alkanes) is 5. The van der Waals surface area contributed by atoms with Crippen molar-refractivity contribution in [3.8, 4) is 0 Å². The molecule has 0 radical (unpaired) electrons. The van der Waals surface area contributed by atoms with E-state index in [-0.39, 0.29) is 5.97 Å².